The number of hydrogen-bond acceptors (Lipinski definition) is 3. The Morgan fingerprint density at radius 2 is 2.29 bits per heavy atom. The van der Waals surface area contributed by atoms with Crippen molar-refractivity contribution in [3.05, 3.63) is 57.0 Å². The zero-order valence-electron chi connectivity index (χ0n) is 11.9. The molecule has 0 aliphatic rings. The maximum absolute atomic E-state index is 4.47. The molecule has 0 aliphatic carbocycles. The summed E-state index contributed by atoms with van der Waals surface area (Å²) in [7, 11) is 0. The molecule has 3 aromatic rings. The normalized spacial score (nSPS) is 12.9. The third-order valence-electron chi connectivity index (χ3n) is 3.55. The molecule has 1 atom stereocenters. The molecule has 1 N–H and O–H groups in total. The number of thiophene rings is 1. The van der Waals surface area contributed by atoms with E-state index in [1.807, 2.05) is 23.0 Å². The molecule has 5 heteroatoms. The van der Waals surface area contributed by atoms with Crippen LogP contribution < -0.4 is 5.32 Å². The van der Waals surface area contributed by atoms with Crippen molar-refractivity contribution in [3.8, 4) is 0 Å². The van der Waals surface area contributed by atoms with E-state index in [1.54, 1.807) is 11.3 Å². The third kappa shape index (κ3) is 3.20. The van der Waals surface area contributed by atoms with Gasteiger partial charge >= 0.3 is 0 Å². The Hall–Kier alpha value is -1.17. The van der Waals surface area contributed by atoms with Crippen LogP contribution in [-0.2, 0) is 6.42 Å². The molecule has 1 unspecified atom stereocenters. The lowest BCUT2D eigenvalue weighted by Gasteiger charge is -2.17. The fourth-order valence-electron chi connectivity index (χ4n) is 2.49. The molecule has 0 amide bonds. The fourth-order valence-corrected chi connectivity index (χ4v) is 4.05. The average molecular weight is 364 g/mol. The van der Waals surface area contributed by atoms with Crippen LogP contribution in [0.5, 0.6) is 0 Å². The minimum Gasteiger partial charge on any atom is -0.310 e. The first-order chi connectivity index (χ1) is 10.3. The van der Waals surface area contributed by atoms with Crippen molar-refractivity contribution in [2.24, 2.45) is 0 Å². The van der Waals surface area contributed by atoms with Crippen molar-refractivity contribution in [1.82, 2.24) is 14.9 Å². The maximum atomic E-state index is 4.47. The summed E-state index contributed by atoms with van der Waals surface area (Å²) in [5.41, 5.74) is 2.45. The molecular weight excluding hydrogens is 346 g/mol. The summed E-state index contributed by atoms with van der Waals surface area (Å²) in [6.45, 7) is 3.21. The maximum Gasteiger partial charge on any atom is 0.0709 e. The van der Waals surface area contributed by atoms with Gasteiger partial charge in [-0.05, 0) is 52.5 Å². The fraction of sp³-hybridized carbons (Fsp3) is 0.312. The lowest BCUT2D eigenvalue weighted by Crippen LogP contribution is -2.23. The quantitative estimate of drug-likeness (QED) is 0.701. The van der Waals surface area contributed by atoms with E-state index in [2.05, 4.69) is 56.8 Å². The van der Waals surface area contributed by atoms with Gasteiger partial charge < -0.3 is 5.32 Å². The second kappa shape index (κ2) is 6.73. The van der Waals surface area contributed by atoms with Crippen LogP contribution in [0.2, 0.25) is 0 Å². The number of nitrogens with zero attached hydrogens (tertiary/aromatic N) is 2. The molecule has 0 radical (unpaired) electrons. The van der Waals surface area contributed by atoms with E-state index in [0.29, 0.717) is 6.04 Å². The Labute approximate surface area is 137 Å². The Morgan fingerprint density at radius 3 is 3.05 bits per heavy atom. The molecule has 0 saturated heterocycles. The van der Waals surface area contributed by atoms with E-state index in [0.717, 1.165) is 19.4 Å². The summed E-state index contributed by atoms with van der Waals surface area (Å²) in [6.07, 6.45) is 6.09. The van der Waals surface area contributed by atoms with E-state index in [4.69, 9.17) is 0 Å². The molecule has 3 nitrogen and oxygen atoms in total. The molecule has 0 saturated carbocycles. The monoisotopic (exact) mass is 363 g/mol. The number of fused-ring (bicyclic) bond motifs is 1. The van der Waals surface area contributed by atoms with Gasteiger partial charge in [-0.1, -0.05) is 13.0 Å². The number of rotatable bonds is 6. The van der Waals surface area contributed by atoms with E-state index < -0.39 is 0 Å². The van der Waals surface area contributed by atoms with Gasteiger partial charge in [0.25, 0.3) is 0 Å². The lowest BCUT2D eigenvalue weighted by molar-refractivity contribution is 0.534. The van der Waals surface area contributed by atoms with Gasteiger partial charge in [-0.15, -0.1) is 11.3 Å². The second-order valence-electron chi connectivity index (χ2n) is 5.03. The Morgan fingerprint density at radius 1 is 1.38 bits per heavy atom. The van der Waals surface area contributed by atoms with Crippen molar-refractivity contribution in [2.75, 3.05) is 6.54 Å². The van der Waals surface area contributed by atoms with Gasteiger partial charge in [0.15, 0.2) is 0 Å². The summed E-state index contributed by atoms with van der Waals surface area (Å²) in [4.78, 5) is 1.37. The highest BCUT2D eigenvalue weighted by molar-refractivity contribution is 9.10. The van der Waals surface area contributed by atoms with Gasteiger partial charge in [0.05, 0.1) is 11.7 Å². The summed E-state index contributed by atoms with van der Waals surface area (Å²) in [5, 5.41) is 10.3. The predicted molar refractivity (Wildman–Crippen MR) is 91.9 cm³/mol. The van der Waals surface area contributed by atoms with Crippen molar-refractivity contribution >= 4 is 32.8 Å². The van der Waals surface area contributed by atoms with E-state index in [1.165, 1.54) is 20.4 Å². The Bertz CT molecular complexity index is 719. The van der Waals surface area contributed by atoms with Crippen LogP contribution in [0, 0.1) is 0 Å². The summed E-state index contributed by atoms with van der Waals surface area (Å²) < 4.78 is 3.15. The van der Waals surface area contributed by atoms with Gasteiger partial charge in [-0.3, -0.25) is 0 Å². The number of hydrogen-bond donors (Lipinski definition) is 1. The van der Waals surface area contributed by atoms with Crippen LogP contribution in [0.4, 0.5) is 0 Å². The van der Waals surface area contributed by atoms with E-state index in [-0.39, 0.29) is 0 Å². The van der Waals surface area contributed by atoms with Crippen LogP contribution in [0.15, 0.2) is 46.5 Å². The predicted octanol–water partition coefficient (Wildman–Crippen LogP) is 4.44. The summed E-state index contributed by atoms with van der Waals surface area (Å²) in [5.74, 6) is 0. The number of pyridine rings is 1. The molecule has 0 aromatic carbocycles. The number of aromatic nitrogens is 2. The van der Waals surface area contributed by atoms with Gasteiger partial charge in [0, 0.05) is 33.6 Å². The van der Waals surface area contributed by atoms with Gasteiger partial charge in [-0.25, -0.2) is 4.52 Å². The van der Waals surface area contributed by atoms with Crippen molar-refractivity contribution in [3.63, 3.8) is 0 Å². The molecular formula is C16H18BrN3S. The average Bonchev–Trinajstić information content (AvgIpc) is 3.10. The van der Waals surface area contributed by atoms with Gasteiger partial charge in [0.1, 0.15) is 0 Å². The van der Waals surface area contributed by atoms with Crippen LogP contribution in [0.25, 0.3) is 5.52 Å². The molecule has 0 aliphatic heterocycles. The topological polar surface area (TPSA) is 29.3 Å². The molecule has 3 rings (SSSR count). The largest absolute Gasteiger partial charge is 0.310 e. The first-order valence-corrected chi connectivity index (χ1v) is 8.84. The molecule has 0 spiro atoms. The molecule has 3 heterocycles. The van der Waals surface area contributed by atoms with Crippen molar-refractivity contribution in [2.45, 2.75) is 25.8 Å². The van der Waals surface area contributed by atoms with E-state index in [9.17, 15) is 0 Å². The van der Waals surface area contributed by atoms with Crippen molar-refractivity contribution < 1.29 is 0 Å². The molecule has 110 valence electrons. The van der Waals surface area contributed by atoms with Crippen LogP contribution >= 0.6 is 27.3 Å². The second-order valence-corrected chi connectivity index (χ2v) is 6.89. The number of nitrogens with one attached hydrogen (secondary N) is 1. The Balaban J connectivity index is 1.93. The zero-order chi connectivity index (χ0) is 14.7. The van der Waals surface area contributed by atoms with Crippen LogP contribution in [0.1, 0.15) is 29.8 Å². The van der Waals surface area contributed by atoms with Crippen LogP contribution in [0.3, 0.4) is 0 Å². The standard InChI is InChI=1S/C16H18BrN3S/c1-2-7-18-14(10-16-13(17)6-9-21-16)12-11-19-20-8-4-3-5-15(12)20/h3-6,8-9,11,14,18H,2,7,10H2,1H3. The smallest absolute Gasteiger partial charge is 0.0709 e. The van der Waals surface area contributed by atoms with E-state index >= 15 is 0 Å². The zero-order valence-corrected chi connectivity index (χ0v) is 14.3. The number of halogens is 1. The van der Waals surface area contributed by atoms with Gasteiger partial charge in [-0.2, -0.15) is 5.10 Å². The highest BCUT2D eigenvalue weighted by Gasteiger charge is 2.18. The summed E-state index contributed by atoms with van der Waals surface area (Å²) in [6, 6.07) is 8.62. The molecule has 3 aromatic heterocycles. The Kier molecular flexibility index (Phi) is 4.73. The molecule has 0 fully saturated rings. The highest BCUT2D eigenvalue weighted by Crippen LogP contribution is 2.29. The summed E-state index contributed by atoms with van der Waals surface area (Å²) >= 11 is 5.44. The SMILES string of the molecule is CCCNC(Cc1sccc1Br)c1cnn2ccccc12. The minimum absolute atomic E-state index is 0.291. The molecule has 0 bridgehead atoms. The van der Waals surface area contributed by atoms with Crippen LogP contribution in [-0.4, -0.2) is 16.2 Å². The lowest BCUT2D eigenvalue weighted by atomic mass is 10.0. The minimum atomic E-state index is 0.291. The van der Waals surface area contributed by atoms with Crippen molar-refractivity contribution in [1.29, 1.82) is 0 Å². The van der Waals surface area contributed by atoms with Gasteiger partial charge in [0.2, 0.25) is 0 Å². The first kappa shape index (κ1) is 14.8. The molecule has 21 heavy (non-hydrogen) atoms. The third-order valence-corrected chi connectivity index (χ3v) is 5.50. The highest BCUT2D eigenvalue weighted by atomic mass is 79.9. The first-order valence-electron chi connectivity index (χ1n) is 7.17.